The molecule has 0 spiro atoms. The van der Waals surface area contributed by atoms with Crippen LogP contribution >= 0.6 is 11.6 Å². The van der Waals surface area contributed by atoms with E-state index in [0.29, 0.717) is 40.5 Å². The molecule has 0 radical (unpaired) electrons. The van der Waals surface area contributed by atoms with Crippen LogP contribution in [0.5, 0.6) is 5.88 Å². The second-order valence-corrected chi connectivity index (χ2v) is 7.33. The fraction of sp³-hybridized carbons (Fsp3) is 0.0909. The Hall–Kier alpha value is -3.71. The van der Waals surface area contributed by atoms with E-state index >= 15 is 0 Å². The molecule has 5 aromatic rings. The summed E-state index contributed by atoms with van der Waals surface area (Å²) in [6.07, 6.45) is 5.30. The fourth-order valence-electron chi connectivity index (χ4n) is 3.39. The van der Waals surface area contributed by atoms with E-state index in [1.807, 2.05) is 37.3 Å². The lowest BCUT2D eigenvalue weighted by atomic mass is 10.1. The van der Waals surface area contributed by atoms with E-state index in [2.05, 4.69) is 15.2 Å². The summed E-state index contributed by atoms with van der Waals surface area (Å²) in [6.45, 7) is 2.02. The first-order chi connectivity index (χ1) is 14.6. The Morgan fingerprint density at radius 1 is 1.10 bits per heavy atom. The van der Waals surface area contributed by atoms with Gasteiger partial charge in [0.15, 0.2) is 10.8 Å². The Labute approximate surface area is 176 Å². The van der Waals surface area contributed by atoms with E-state index in [4.69, 9.17) is 21.0 Å². The molecule has 0 saturated carbocycles. The standard InChI is InChI=1S/C22H16ClN5O2/c1-13-4-2-5-14(8-13)18-12-28-21(20(25-18)15-9-19(23)27-24-11-15)26-17(22(28)29)10-16-6-3-7-30-16/h2-9,11-12,29H,10H2,1H3. The van der Waals surface area contributed by atoms with Gasteiger partial charge in [-0.1, -0.05) is 35.4 Å². The number of nitrogens with zero attached hydrogens (tertiary/aromatic N) is 5. The lowest BCUT2D eigenvalue weighted by molar-refractivity contribution is 0.438. The zero-order valence-electron chi connectivity index (χ0n) is 16.0. The molecule has 7 nitrogen and oxygen atoms in total. The normalized spacial score (nSPS) is 11.3. The van der Waals surface area contributed by atoms with Crippen LogP contribution in [0.3, 0.4) is 0 Å². The molecular weight excluding hydrogens is 402 g/mol. The molecule has 1 N–H and O–H groups in total. The third kappa shape index (κ3) is 3.29. The largest absolute Gasteiger partial charge is 0.493 e. The summed E-state index contributed by atoms with van der Waals surface area (Å²) in [6, 6.07) is 13.3. The van der Waals surface area contributed by atoms with Crippen molar-refractivity contribution in [1.29, 1.82) is 0 Å². The van der Waals surface area contributed by atoms with Crippen molar-refractivity contribution in [3.8, 4) is 28.4 Å². The molecule has 0 atom stereocenters. The summed E-state index contributed by atoms with van der Waals surface area (Å²) in [4.78, 5) is 9.48. The van der Waals surface area contributed by atoms with Gasteiger partial charge < -0.3 is 9.52 Å². The van der Waals surface area contributed by atoms with Gasteiger partial charge in [0.05, 0.1) is 24.6 Å². The van der Waals surface area contributed by atoms with E-state index in [9.17, 15) is 5.11 Å². The van der Waals surface area contributed by atoms with Gasteiger partial charge in [-0.15, -0.1) is 5.10 Å². The number of rotatable bonds is 4. The van der Waals surface area contributed by atoms with Gasteiger partial charge in [0.2, 0.25) is 5.88 Å². The topological polar surface area (TPSA) is 89.3 Å². The third-order valence-corrected chi connectivity index (χ3v) is 4.97. The van der Waals surface area contributed by atoms with Crippen molar-refractivity contribution < 1.29 is 9.52 Å². The van der Waals surface area contributed by atoms with Gasteiger partial charge in [-0.3, -0.25) is 4.40 Å². The smallest absolute Gasteiger partial charge is 0.219 e. The molecule has 0 saturated heterocycles. The van der Waals surface area contributed by atoms with Crippen LogP contribution < -0.4 is 0 Å². The first-order valence-electron chi connectivity index (χ1n) is 9.27. The number of hydrogen-bond acceptors (Lipinski definition) is 6. The predicted octanol–water partition coefficient (Wildman–Crippen LogP) is 4.70. The average molecular weight is 418 g/mol. The zero-order chi connectivity index (χ0) is 20.7. The second kappa shape index (κ2) is 7.27. The van der Waals surface area contributed by atoms with Gasteiger partial charge in [0, 0.05) is 17.3 Å². The van der Waals surface area contributed by atoms with E-state index < -0.39 is 0 Å². The van der Waals surface area contributed by atoms with Crippen LogP contribution in [0.2, 0.25) is 5.15 Å². The van der Waals surface area contributed by atoms with Crippen molar-refractivity contribution >= 4 is 17.2 Å². The SMILES string of the molecule is Cc1cccc(-c2cn3c(O)c(Cc4ccco4)nc3c(-c3cnnc(Cl)c3)n2)c1. The van der Waals surface area contributed by atoms with E-state index in [-0.39, 0.29) is 11.0 Å². The van der Waals surface area contributed by atoms with Gasteiger partial charge in [0.25, 0.3) is 0 Å². The van der Waals surface area contributed by atoms with Crippen molar-refractivity contribution in [3.05, 3.63) is 83.3 Å². The number of furan rings is 1. The molecule has 5 rings (SSSR count). The van der Waals surface area contributed by atoms with Crippen LogP contribution in [0, 0.1) is 6.92 Å². The molecule has 1 aromatic carbocycles. The summed E-state index contributed by atoms with van der Waals surface area (Å²) < 4.78 is 7.05. The lowest BCUT2D eigenvalue weighted by Gasteiger charge is -2.09. The quantitative estimate of drug-likeness (QED) is 0.455. The highest BCUT2D eigenvalue weighted by Crippen LogP contribution is 2.32. The highest BCUT2D eigenvalue weighted by Gasteiger charge is 2.19. The minimum absolute atomic E-state index is 0.0343. The summed E-state index contributed by atoms with van der Waals surface area (Å²) in [5.41, 5.74) is 4.91. The number of benzene rings is 1. The number of aryl methyl sites for hydroxylation is 1. The summed E-state index contributed by atoms with van der Waals surface area (Å²) in [7, 11) is 0. The van der Waals surface area contributed by atoms with Crippen LogP contribution in [0.4, 0.5) is 0 Å². The highest BCUT2D eigenvalue weighted by atomic mass is 35.5. The van der Waals surface area contributed by atoms with Crippen LogP contribution in [-0.2, 0) is 6.42 Å². The highest BCUT2D eigenvalue weighted by molar-refractivity contribution is 6.29. The second-order valence-electron chi connectivity index (χ2n) is 6.94. The van der Waals surface area contributed by atoms with E-state index in [1.165, 1.54) is 0 Å². The maximum atomic E-state index is 10.9. The van der Waals surface area contributed by atoms with Crippen molar-refractivity contribution in [1.82, 2.24) is 24.6 Å². The average Bonchev–Trinajstić information content (AvgIpc) is 3.36. The van der Waals surface area contributed by atoms with Crippen LogP contribution in [0.25, 0.3) is 28.2 Å². The zero-order valence-corrected chi connectivity index (χ0v) is 16.7. The van der Waals surface area contributed by atoms with Gasteiger partial charge in [-0.05, 0) is 31.2 Å². The summed E-state index contributed by atoms with van der Waals surface area (Å²) >= 11 is 6.06. The Bertz CT molecular complexity index is 1360. The molecule has 0 aliphatic heterocycles. The van der Waals surface area contributed by atoms with E-state index in [1.54, 1.807) is 35.2 Å². The molecule has 4 heterocycles. The number of hydrogen-bond donors (Lipinski definition) is 1. The molecule has 4 aromatic heterocycles. The molecule has 0 aliphatic rings. The van der Waals surface area contributed by atoms with Crippen LogP contribution in [0.1, 0.15) is 17.0 Å². The third-order valence-electron chi connectivity index (χ3n) is 4.78. The number of aromatic hydroxyl groups is 1. The number of imidazole rings is 1. The molecule has 0 bridgehead atoms. The maximum Gasteiger partial charge on any atom is 0.219 e. The van der Waals surface area contributed by atoms with Crippen LogP contribution in [0.15, 0.2) is 65.5 Å². The molecule has 0 fully saturated rings. The Morgan fingerprint density at radius 3 is 2.77 bits per heavy atom. The Morgan fingerprint density at radius 2 is 2.00 bits per heavy atom. The molecule has 0 unspecified atom stereocenters. The molecular formula is C22H16ClN5O2. The predicted molar refractivity (Wildman–Crippen MR) is 112 cm³/mol. The van der Waals surface area contributed by atoms with Gasteiger partial charge in [0.1, 0.15) is 17.1 Å². The monoisotopic (exact) mass is 417 g/mol. The van der Waals surface area contributed by atoms with Crippen molar-refractivity contribution in [2.45, 2.75) is 13.3 Å². The van der Waals surface area contributed by atoms with E-state index in [0.717, 1.165) is 11.1 Å². The summed E-state index contributed by atoms with van der Waals surface area (Å²) in [5.74, 6) is 0.739. The Balaban J connectivity index is 1.76. The first kappa shape index (κ1) is 18.3. The first-order valence-corrected chi connectivity index (χ1v) is 9.65. The number of halogens is 1. The molecule has 148 valence electrons. The Kier molecular flexibility index (Phi) is 4.44. The summed E-state index contributed by atoms with van der Waals surface area (Å²) in [5, 5.41) is 18.9. The minimum atomic E-state index is 0.0343. The molecule has 0 aliphatic carbocycles. The number of fused-ring (bicyclic) bond motifs is 1. The maximum absolute atomic E-state index is 10.9. The van der Waals surface area contributed by atoms with Crippen molar-refractivity contribution in [2.75, 3.05) is 0 Å². The molecule has 8 heteroatoms. The van der Waals surface area contributed by atoms with Gasteiger partial charge in [-0.25, -0.2) is 9.97 Å². The van der Waals surface area contributed by atoms with Crippen LogP contribution in [-0.4, -0.2) is 29.7 Å². The fourth-order valence-corrected chi connectivity index (χ4v) is 3.55. The van der Waals surface area contributed by atoms with Gasteiger partial charge >= 0.3 is 0 Å². The lowest BCUT2D eigenvalue weighted by Crippen LogP contribution is -1.97. The van der Waals surface area contributed by atoms with Crippen molar-refractivity contribution in [3.63, 3.8) is 0 Å². The minimum Gasteiger partial charge on any atom is -0.493 e. The van der Waals surface area contributed by atoms with Crippen molar-refractivity contribution in [2.24, 2.45) is 0 Å². The van der Waals surface area contributed by atoms with Gasteiger partial charge in [-0.2, -0.15) is 5.10 Å². The molecule has 30 heavy (non-hydrogen) atoms. The number of aromatic nitrogens is 5. The molecule has 0 amide bonds.